The lowest BCUT2D eigenvalue weighted by Gasteiger charge is -2.34. The number of amides is 1. The Hall–Kier alpha value is -2.41. The van der Waals surface area contributed by atoms with E-state index >= 15 is 0 Å². The molecule has 0 radical (unpaired) electrons. The van der Waals surface area contributed by atoms with Crippen molar-refractivity contribution in [2.24, 2.45) is 5.73 Å². The molecule has 1 fully saturated rings. The summed E-state index contributed by atoms with van der Waals surface area (Å²) in [5, 5.41) is 9.71. The monoisotopic (exact) mass is 334 g/mol. The van der Waals surface area contributed by atoms with Crippen molar-refractivity contribution in [3.8, 4) is 0 Å². The second kappa shape index (κ2) is 7.44. The molecule has 0 aliphatic carbocycles. The van der Waals surface area contributed by atoms with Crippen molar-refractivity contribution in [2.45, 2.75) is 37.8 Å². The molecule has 2 rings (SSSR count). The maximum absolute atomic E-state index is 12.9. The van der Waals surface area contributed by atoms with E-state index in [0.29, 0.717) is 6.42 Å². The molecule has 0 bridgehead atoms. The molecular formula is C17H22N2O5. The molecule has 130 valence electrons. The molecule has 0 spiro atoms. The minimum atomic E-state index is -1.94. The Kier molecular flexibility index (Phi) is 5.56. The van der Waals surface area contributed by atoms with Crippen molar-refractivity contribution in [2.75, 3.05) is 13.2 Å². The molecule has 1 aliphatic heterocycles. The molecule has 1 heterocycles. The Bertz CT molecular complexity index is 619. The lowest BCUT2D eigenvalue weighted by Crippen LogP contribution is -2.63. The number of carboxylic acids is 1. The van der Waals surface area contributed by atoms with Crippen LogP contribution in [0.2, 0.25) is 0 Å². The van der Waals surface area contributed by atoms with Crippen molar-refractivity contribution in [3.05, 3.63) is 35.9 Å². The zero-order valence-corrected chi connectivity index (χ0v) is 13.6. The van der Waals surface area contributed by atoms with Gasteiger partial charge in [0.15, 0.2) is 5.78 Å². The lowest BCUT2D eigenvalue weighted by molar-refractivity contribution is -0.155. The maximum atomic E-state index is 12.9. The van der Waals surface area contributed by atoms with Gasteiger partial charge in [0.1, 0.15) is 0 Å². The van der Waals surface area contributed by atoms with E-state index < -0.39 is 29.4 Å². The number of benzene rings is 1. The summed E-state index contributed by atoms with van der Waals surface area (Å²) in [6.45, 7) is 1.89. The van der Waals surface area contributed by atoms with E-state index in [1.54, 1.807) is 6.92 Å². The molecular weight excluding hydrogens is 312 g/mol. The SMILES string of the molecule is CCOC(=O)N1CCC[C@]1(C(=O)O)C(=O)[C@H](N)Cc1ccccc1. The number of nitrogens with zero attached hydrogens (tertiary/aromatic N) is 1. The first-order chi connectivity index (χ1) is 11.4. The topological polar surface area (TPSA) is 110 Å². The molecule has 7 heteroatoms. The van der Waals surface area contributed by atoms with Gasteiger partial charge in [-0.05, 0) is 31.7 Å². The molecule has 7 nitrogen and oxygen atoms in total. The number of likely N-dealkylation sites (tertiary alicyclic amines) is 1. The Labute approximate surface area is 140 Å². The number of ether oxygens (including phenoxy) is 1. The fourth-order valence-corrected chi connectivity index (χ4v) is 3.12. The highest BCUT2D eigenvalue weighted by molar-refractivity contribution is 6.12. The second-order valence-electron chi connectivity index (χ2n) is 5.78. The Morgan fingerprint density at radius 3 is 2.58 bits per heavy atom. The van der Waals surface area contributed by atoms with Crippen LogP contribution in [0.5, 0.6) is 0 Å². The Balaban J connectivity index is 2.26. The van der Waals surface area contributed by atoms with Gasteiger partial charge in [0.05, 0.1) is 12.6 Å². The van der Waals surface area contributed by atoms with Gasteiger partial charge in [0, 0.05) is 6.54 Å². The van der Waals surface area contributed by atoms with Gasteiger partial charge < -0.3 is 15.6 Å². The molecule has 0 saturated carbocycles. The molecule has 1 amide bonds. The highest BCUT2D eigenvalue weighted by Crippen LogP contribution is 2.32. The summed E-state index contributed by atoms with van der Waals surface area (Å²) in [6, 6.07) is 8.10. The minimum Gasteiger partial charge on any atom is -0.479 e. The van der Waals surface area contributed by atoms with Crippen LogP contribution in [0.3, 0.4) is 0 Å². The number of carboxylic acid groups (broad SMARTS) is 1. The van der Waals surface area contributed by atoms with Crippen LogP contribution in [-0.4, -0.2) is 52.6 Å². The first-order valence-corrected chi connectivity index (χ1v) is 7.95. The third-order valence-electron chi connectivity index (χ3n) is 4.27. The molecule has 2 atom stereocenters. The van der Waals surface area contributed by atoms with Crippen LogP contribution in [0.15, 0.2) is 30.3 Å². The van der Waals surface area contributed by atoms with E-state index in [2.05, 4.69) is 0 Å². The molecule has 1 saturated heterocycles. The fourth-order valence-electron chi connectivity index (χ4n) is 3.12. The van der Waals surface area contributed by atoms with Crippen molar-refractivity contribution in [3.63, 3.8) is 0 Å². The third kappa shape index (κ3) is 3.26. The quantitative estimate of drug-likeness (QED) is 0.757. The van der Waals surface area contributed by atoms with Crippen molar-refractivity contribution < 1.29 is 24.2 Å². The van der Waals surface area contributed by atoms with E-state index in [1.165, 1.54) is 0 Å². The number of nitrogens with two attached hydrogens (primary N) is 1. The maximum Gasteiger partial charge on any atom is 0.411 e. The van der Waals surface area contributed by atoms with Gasteiger partial charge in [0.25, 0.3) is 0 Å². The van der Waals surface area contributed by atoms with Gasteiger partial charge in [-0.1, -0.05) is 30.3 Å². The summed E-state index contributed by atoms with van der Waals surface area (Å²) in [4.78, 5) is 37.9. The van der Waals surface area contributed by atoms with Gasteiger partial charge in [0.2, 0.25) is 5.54 Å². The molecule has 1 aliphatic rings. The standard InChI is InChI=1S/C17H22N2O5/c1-2-24-16(23)19-10-6-9-17(19,15(21)22)14(20)13(18)11-12-7-4-3-5-8-12/h3-5,7-8,13H,2,6,9-11,18H2,1H3,(H,21,22)/t13-,17-/m1/s1. The van der Waals surface area contributed by atoms with Gasteiger partial charge in [-0.25, -0.2) is 9.59 Å². The third-order valence-corrected chi connectivity index (χ3v) is 4.27. The van der Waals surface area contributed by atoms with E-state index in [0.717, 1.165) is 10.5 Å². The number of hydrogen-bond donors (Lipinski definition) is 2. The number of rotatable bonds is 6. The molecule has 0 aromatic heterocycles. The average Bonchev–Trinajstić information content (AvgIpc) is 3.01. The fraction of sp³-hybridized carbons (Fsp3) is 0.471. The highest BCUT2D eigenvalue weighted by Gasteiger charge is 2.57. The molecule has 0 unspecified atom stereocenters. The van der Waals surface area contributed by atoms with Crippen LogP contribution in [0, 0.1) is 0 Å². The number of hydrogen-bond acceptors (Lipinski definition) is 5. The zero-order valence-electron chi connectivity index (χ0n) is 13.6. The normalized spacial score (nSPS) is 21.3. The van der Waals surface area contributed by atoms with Crippen molar-refractivity contribution in [1.82, 2.24) is 4.90 Å². The first-order valence-electron chi connectivity index (χ1n) is 7.95. The van der Waals surface area contributed by atoms with Crippen LogP contribution < -0.4 is 5.73 Å². The van der Waals surface area contributed by atoms with Gasteiger partial charge >= 0.3 is 12.1 Å². The van der Waals surface area contributed by atoms with Crippen LogP contribution in [0.1, 0.15) is 25.3 Å². The Morgan fingerprint density at radius 2 is 2.00 bits per heavy atom. The smallest absolute Gasteiger partial charge is 0.411 e. The number of carbonyl (C=O) groups is 3. The summed E-state index contributed by atoms with van der Waals surface area (Å²) in [7, 11) is 0. The van der Waals surface area contributed by atoms with Crippen LogP contribution in [0.4, 0.5) is 4.79 Å². The minimum absolute atomic E-state index is 0.0441. The molecule has 1 aromatic carbocycles. The number of aliphatic carboxylic acids is 1. The molecule has 1 aromatic rings. The van der Waals surface area contributed by atoms with E-state index in [9.17, 15) is 19.5 Å². The zero-order chi connectivity index (χ0) is 17.7. The highest BCUT2D eigenvalue weighted by atomic mass is 16.6. The Morgan fingerprint density at radius 1 is 1.33 bits per heavy atom. The van der Waals surface area contributed by atoms with Crippen LogP contribution >= 0.6 is 0 Å². The summed E-state index contributed by atoms with van der Waals surface area (Å²) in [6.07, 6.45) is -0.124. The van der Waals surface area contributed by atoms with Crippen LogP contribution in [0.25, 0.3) is 0 Å². The van der Waals surface area contributed by atoms with E-state index in [1.807, 2.05) is 30.3 Å². The summed E-state index contributed by atoms with van der Waals surface area (Å²) >= 11 is 0. The lowest BCUT2D eigenvalue weighted by atomic mass is 9.85. The van der Waals surface area contributed by atoms with Crippen molar-refractivity contribution >= 4 is 17.8 Å². The van der Waals surface area contributed by atoms with Gasteiger partial charge in [-0.15, -0.1) is 0 Å². The second-order valence-corrected chi connectivity index (χ2v) is 5.78. The summed E-state index contributed by atoms with van der Waals surface area (Å²) < 4.78 is 4.91. The molecule has 3 N–H and O–H groups in total. The van der Waals surface area contributed by atoms with Gasteiger partial charge in [-0.3, -0.25) is 9.69 Å². The predicted octanol–water partition coefficient (Wildman–Crippen LogP) is 1.20. The average molecular weight is 334 g/mol. The number of Topliss-reactive ketones (excluding diaryl/α,β-unsaturated/α-hetero) is 1. The largest absolute Gasteiger partial charge is 0.479 e. The first kappa shape index (κ1) is 17.9. The number of ketones is 1. The van der Waals surface area contributed by atoms with Crippen LogP contribution in [-0.2, 0) is 20.7 Å². The summed E-state index contributed by atoms with van der Waals surface area (Å²) in [5.41, 5.74) is 4.89. The van der Waals surface area contributed by atoms with E-state index in [-0.39, 0.29) is 26.0 Å². The van der Waals surface area contributed by atoms with Gasteiger partial charge in [-0.2, -0.15) is 0 Å². The predicted molar refractivity (Wildman–Crippen MR) is 86.5 cm³/mol. The summed E-state index contributed by atoms with van der Waals surface area (Å²) in [5.74, 6) is -2.02. The molecule has 24 heavy (non-hydrogen) atoms. The number of carbonyl (C=O) groups excluding carboxylic acids is 2. The van der Waals surface area contributed by atoms with E-state index in [4.69, 9.17) is 10.5 Å². The van der Waals surface area contributed by atoms with Crippen molar-refractivity contribution in [1.29, 1.82) is 0 Å².